The van der Waals surface area contributed by atoms with Crippen molar-refractivity contribution >= 4 is 45.3 Å². The van der Waals surface area contributed by atoms with Crippen molar-refractivity contribution in [3.05, 3.63) is 53.0 Å². The van der Waals surface area contributed by atoms with Crippen LogP contribution in [0.2, 0.25) is 0 Å². The third-order valence-corrected chi connectivity index (χ3v) is 6.14. The van der Waals surface area contributed by atoms with E-state index < -0.39 is 10.8 Å². The van der Waals surface area contributed by atoms with E-state index in [-0.39, 0.29) is 5.91 Å². The minimum atomic E-state index is -0.990. The summed E-state index contributed by atoms with van der Waals surface area (Å²) in [7, 11) is 0. The minimum Gasteiger partial charge on any atom is -0.423 e. The van der Waals surface area contributed by atoms with Gasteiger partial charge in [0.05, 0.1) is 10.2 Å². The number of benzene rings is 2. The van der Waals surface area contributed by atoms with Crippen molar-refractivity contribution in [3.63, 3.8) is 0 Å². The van der Waals surface area contributed by atoms with Crippen LogP contribution in [0.4, 0.5) is 5.69 Å². The smallest absolute Gasteiger partial charge is 0.348 e. The molecule has 116 valence electrons. The number of carbonyl (C=O) groups is 2. The molecule has 6 heteroatoms. The molecule has 0 spiro atoms. The van der Waals surface area contributed by atoms with E-state index in [1.807, 2.05) is 36.4 Å². The van der Waals surface area contributed by atoms with Gasteiger partial charge in [-0.05, 0) is 40.2 Å². The van der Waals surface area contributed by atoms with Crippen LogP contribution in [0, 0.1) is 0 Å². The molecule has 0 saturated carbocycles. The molecule has 0 N–H and O–H groups in total. The predicted octanol–water partition coefficient (Wildman–Crippen LogP) is 3.98. The molecule has 0 radical (unpaired) electrons. The molecule has 2 heterocycles. The predicted molar refractivity (Wildman–Crippen MR) is 91.5 cm³/mol. The Labute approximate surface area is 145 Å². The number of nitrogens with zero attached hydrogens (tertiary/aromatic N) is 1. The summed E-state index contributed by atoms with van der Waals surface area (Å²) >= 11 is 4.79. The lowest BCUT2D eigenvalue weighted by molar-refractivity contribution is -0.137. The van der Waals surface area contributed by atoms with Crippen LogP contribution in [0.3, 0.4) is 0 Å². The van der Waals surface area contributed by atoms with Crippen molar-refractivity contribution in [2.45, 2.75) is 22.6 Å². The van der Waals surface area contributed by atoms with E-state index in [9.17, 15) is 9.59 Å². The summed E-state index contributed by atoms with van der Waals surface area (Å²) in [4.78, 5) is 26.8. The zero-order valence-corrected chi connectivity index (χ0v) is 14.4. The maximum absolute atomic E-state index is 12.9. The highest BCUT2D eigenvalue weighted by Gasteiger charge is 2.58. The first-order valence-corrected chi connectivity index (χ1v) is 8.81. The highest BCUT2D eigenvalue weighted by Crippen LogP contribution is 2.56. The van der Waals surface area contributed by atoms with Gasteiger partial charge < -0.3 is 4.74 Å². The fourth-order valence-electron chi connectivity index (χ4n) is 2.98. The number of ether oxygens (including phenoxy) is 1. The average Bonchev–Trinajstić information content (AvgIpc) is 3.06. The molecule has 0 bridgehead atoms. The van der Waals surface area contributed by atoms with Crippen LogP contribution in [0.1, 0.15) is 12.8 Å². The summed E-state index contributed by atoms with van der Waals surface area (Å²) in [5.74, 6) is 0.0192. The number of anilines is 1. The van der Waals surface area contributed by atoms with Gasteiger partial charge in [0, 0.05) is 17.7 Å². The second-order valence-corrected chi connectivity index (χ2v) is 7.58. The molecule has 1 amide bonds. The summed E-state index contributed by atoms with van der Waals surface area (Å²) in [6.45, 7) is 0. The van der Waals surface area contributed by atoms with Gasteiger partial charge in [-0.3, -0.25) is 9.69 Å². The lowest BCUT2D eigenvalue weighted by atomic mass is 10.2. The lowest BCUT2D eigenvalue weighted by Gasteiger charge is -2.28. The van der Waals surface area contributed by atoms with Gasteiger partial charge >= 0.3 is 5.97 Å². The van der Waals surface area contributed by atoms with Crippen molar-refractivity contribution in [3.8, 4) is 5.75 Å². The molecule has 4 rings (SSSR count). The molecular formula is C17H12BrNO3S. The van der Waals surface area contributed by atoms with Crippen molar-refractivity contribution in [2.24, 2.45) is 0 Å². The van der Waals surface area contributed by atoms with Crippen LogP contribution in [0.15, 0.2) is 57.9 Å². The Kier molecular flexibility index (Phi) is 3.46. The van der Waals surface area contributed by atoms with Gasteiger partial charge in [0.2, 0.25) is 5.91 Å². The van der Waals surface area contributed by atoms with Gasteiger partial charge in [-0.25, -0.2) is 4.79 Å². The monoisotopic (exact) mass is 389 g/mol. The first kappa shape index (κ1) is 14.8. The van der Waals surface area contributed by atoms with E-state index in [0.717, 1.165) is 10.6 Å². The number of rotatable bonds is 2. The Morgan fingerprint density at radius 2 is 1.91 bits per heavy atom. The number of carbonyl (C=O) groups excluding carboxylic acids is 2. The quantitative estimate of drug-likeness (QED) is 0.575. The fourth-order valence-corrected chi connectivity index (χ4v) is 4.74. The average molecular weight is 390 g/mol. The second-order valence-electron chi connectivity index (χ2n) is 5.40. The van der Waals surface area contributed by atoms with E-state index in [4.69, 9.17) is 4.74 Å². The van der Waals surface area contributed by atoms with E-state index in [1.54, 1.807) is 17.0 Å². The summed E-state index contributed by atoms with van der Waals surface area (Å²) in [5.41, 5.74) is 0.795. The lowest BCUT2D eigenvalue weighted by Crippen LogP contribution is -2.49. The molecule has 1 unspecified atom stereocenters. The summed E-state index contributed by atoms with van der Waals surface area (Å²) < 4.78 is 6.32. The summed E-state index contributed by atoms with van der Waals surface area (Å²) in [6, 6.07) is 14.8. The van der Waals surface area contributed by atoms with E-state index >= 15 is 0 Å². The Hall–Kier alpha value is -1.79. The fraction of sp³-hybridized carbons (Fsp3) is 0.176. The van der Waals surface area contributed by atoms with E-state index in [0.29, 0.717) is 23.1 Å². The number of esters is 1. The number of hydrogen-bond donors (Lipinski definition) is 0. The van der Waals surface area contributed by atoms with Crippen LogP contribution in [0.5, 0.6) is 5.75 Å². The second kappa shape index (κ2) is 5.39. The van der Waals surface area contributed by atoms with Crippen LogP contribution < -0.4 is 9.64 Å². The highest BCUT2D eigenvalue weighted by molar-refractivity contribution is 9.10. The normalized spacial score (nSPS) is 22.0. The molecule has 1 atom stereocenters. The Balaban J connectivity index is 1.72. The zero-order valence-electron chi connectivity index (χ0n) is 12.0. The molecule has 4 nitrogen and oxygen atoms in total. The van der Waals surface area contributed by atoms with Gasteiger partial charge in [-0.2, -0.15) is 0 Å². The molecule has 1 saturated heterocycles. The van der Waals surface area contributed by atoms with Crippen molar-refractivity contribution < 1.29 is 14.3 Å². The van der Waals surface area contributed by atoms with Crippen LogP contribution in [-0.4, -0.2) is 16.7 Å². The summed E-state index contributed by atoms with van der Waals surface area (Å²) in [6.07, 6.45) is 0.806. The van der Waals surface area contributed by atoms with Crippen molar-refractivity contribution in [1.82, 2.24) is 0 Å². The molecule has 2 aromatic rings. The van der Waals surface area contributed by atoms with Crippen LogP contribution in [-0.2, 0) is 9.59 Å². The standard InChI is InChI=1S/C17H12BrNO3S/c18-11-5-1-3-7-13(11)22-16(21)17-10-9-15(20)19(17)12-6-2-4-8-14(12)23-17/h1-8H,9-10H2. The van der Waals surface area contributed by atoms with Crippen molar-refractivity contribution in [2.75, 3.05) is 4.90 Å². The van der Waals surface area contributed by atoms with Gasteiger partial charge in [-0.1, -0.05) is 36.0 Å². The molecule has 2 aromatic carbocycles. The number of amides is 1. The number of halogens is 1. The first-order valence-electron chi connectivity index (χ1n) is 7.20. The third-order valence-electron chi connectivity index (χ3n) is 4.03. The molecular weight excluding hydrogens is 378 g/mol. The van der Waals surface area contributed by atoms with Gasteiger partial charge in [0.25, 0.3) is 0 Å². The summed E-state index contributed by atoms with van der Waals surface area (Å²) in [5, 5.41) is 0. The van der Waals surface area contributed by atoms with Crippen LogP contribution in [0.25, 0.3) is 0 Å². The Morgan fingerprint density at radius 1 is 1.17 bits per heavy atom. The van der Waals surface area contributed by atoms with Crippen LogP contribution >= 0.6 is 27.7 Å². The number of para-hydroxylation sites is 2. The first-order chi connectivity index (χ1) is 11.1. The van der Waals surface area contributed by atoms with E-state index in [1.165, 1.54) is 11.8 Å². The zero-order chi connectivity index (χ0) is 16.0. The Morgan fingerprint density at radius 3 is 2.74 bits per heavy atom. The van der Waals surface area contributed by atoms with Crippen molar-refractivity contribution in [1.29, 1.82) is 0 Å². The molecule has 0 aromatic heterocycles. The number of thioether (sulfide) groups is 1. The van der Waals surface area contributed by atoms with Gasteiger partial charge in [0.1, 0.15) is 5.75 Å². The van der Waals surface area contributed by atoms with E-state index in [2.05, 4.69) is 15.9 Å². The maximum Gasteiger partial charge on any atom is 0.348 e. The highest BCUT2D eigenvalue weighted by atomic mass is 79.9. The molecule has 0 aliphatic carbocycles. The topological polar surface area (TPSA) is 46.6 Å². The largest absolute Gasteiger partial charge is 0.423 e. The third kappa shape index (κ3) is 2.20. The number of hydrogen-bond acceptors (Lipinski definition) is 4. The molecule has 2 aliphatic rings. The number of fused-ring (bicyclic) bond motifs is 3. The maximum atomic E-state index is 12.9. The molecule has 23 heavy (non-hydrogen) atoms. The minimum absolute atomic E-state index is 0.0356. The van der Waals surface area contributed by atoms with Gasteiger partial charge in [0.15, 0.2) is 4.87 Å². The Bertz CT molecular complexity index is 825. The SMILES string of the molecule is O=C1CCC2(C(=O)Oc3ccccc3Br)Sc3ccccc3N12. The molecule has 2 aliphatic heterocycles. The molecule has 1 fully saturated rings. The van der Waals surface area contributed by atoms with Gasteiger partial charge in [-0.15, -0.1) is 0 Å².